The van der Waals surface area contributed by atoms with Crippen molar-refractivity contribution in [3.63, 3.8) is 0 Å². The largest absolute Gasteiger partial charge is 0.512 e. The Morgan fingerprint density at radius 3 is 2.15 bits per heavy atom. The van der Waals surface area contributed by atoms with Crippen LogP contribution in [0, 0.1) is 30.7 Å². The van der Waals surface area contributed by atoms with Crippen molar-refractivity contribution in [1.29, 1.82) is 0 Å². The van der Waals surface area contributed by atoms with Gasteiger partial charge in [-0.2, -0.15) is 0 Å². The van der Waals surface area contributed by atoms with E-state index in [-0.39, 0.29) is 47.9 Å². The number of aromatic nitrogens is 1. The van der Waals surface area contributed by atoms with E-state index in [2.05, 4.69) is 90.1 Å². The summed E-state index contributed by atoms with van der Waals surface area (Å²) < 4.78 is 6.64. The monoisotopic (exact) mass is 809 g/mol. The summed E-state index contributed by atoms with van der Waals surface area (Å²) in [6, 6.07) is 18.5. The number of fused-ring (bicyclic) bond motifs is 5. The Bertz CT molecular complexity index is 2010. The van der Waals surface area contributed by atoms with Crippen LogP contribution in [0.4, 0.5) is 0 Å². The standard InChI is InChI=1S/C31H30NO.C11H20O2.Ir/c1-18-11-12-22(21-10-8-7-9-20(18)21)28-29-23(13-16-32-28)26-19(2)27-24(17-25(26)33-29)30(3,4)14-15-31(27,5)6;1-10(2,3)8(12)7-9(13)11(4,5)6;/h7-11,13,16-17H,14-15H2,1-6H3;7,12H,1-6H3;/q-1;;/b;8-7-;. The average Bonchev–Trinajstić information content (AvgIpc) is 3.35. The van der Waals surface area contributed by atoms with Crippen molar-refractivity contribution >= 4 is 38.5 Å². The van der Waals surface area contributed by atoms with Crippen LogP contribution >= 0.6 is 0 Å². The van der Waals surface area contributed by atoms with Crippen molar-refractivity contribution in [3.8, 4) is 11.3 Å². The van der Waals surface area contributed by atoms with E-state index in [0.29, 0.717) is 0 Å². The average molecular weight is 809 g/mol. The van der Waals surface area contributed by atoms with Gasteiger partial charge in [-0.15, -0.1) is 23.3 Å². The van der Waals surface area contributed by atoms with E-state index in [4.69, 9.17) is 9.40 Å². The molecule has 0 spiro atoms. The van der Waals surface area contributed by atoms with Gasteiger partial charge in [-0.05, 0) is 59.4 Å². The van der Waals surface area contributed by atoms with E-state index in [9.17, 15) is 9.90 Å². The van der Waals surface area contributed by atoms with Crippen molar-refractivity contribution in [2.45, 2.75) is 107 Å². The van der Waals surface area contributed by atoms with E-state index in [0.717, 1.165) is 33.2 Å². The van der Waals surface area contributed by atoms with E-state index in [1.54, 1.807) is 0 Å². The van der Waals surface area contributed by atoms with Crippen LogP contribution in [0.15, 0.2) is 64.9 Å². The van der Waals surface area contributed by atoms with Crippen LogP contribution in [0.1, 0.15) is 104 Å². The van der Waals surface area contributed by atoms with Gasteiger partial charge < -0.3 is 14.5 Å². The molecule has 251 valence electrons. The Morgan fingerprint density at radius 2 is 1.53 bits per heavy atom. The minimum atomic E-state index is -0.417. The first-order valence-corrected chi connectivity index (χ1v) is 16.5. The van der Waals surface area contributed by atoms with Crippen LogP contribution in [-0.4, -0.2) is 15.9 Å². The van der Waals surface area contributed by atoms with Gasteiger partial charge in [0, 0.05) is 59.7 Å². The molecular formula is C42H50IrNO3-. The fourth-order valence-electron chi connectivity index (χ4n) is 6.66. The van der Waals surface area contributed by atoms with Gasteiger partial charge >= 0.3 is 0 Å². The van der Waals surface area contributed by atoms with Crippen LogP contribution in [0.3, 0.4) is 0 Å². The number of carbonyl (C=O) groups excluding carboxylic acids is 1. The molecule has 4 nitrogen and oxygen atoms in total. The Kier molecular flexibility index (Phi) is 9.83. The molecule has 0 fully saturated rings. The first-order valence-electron chi connectivity index (χ1n) is 16.5. The van der Waals surface area contributed by atoms with E-state index < -0.39 is 5.41 Å². The van der Waals surface area contributed by atoms with Gasteiger partial charge in [-0.1, -0.05) is 111 Å². The van der Waals surface area contributed by atoms with Gasteiger partial charge in [-0.25, -0.2) is 0 Å². The van der Waals surface area contributed by atoms with Gasteiger partial charge in [0.05, 0.1) is 0 Å². The maximum atomic E-state index is 11.5. The molecule has 3 aromatic carbocycles. The summed E-state index contributed by atoms with van der Waals surface area (Å²) in [7, 11) is 0. The number of furan rings is 1. The second-order valence-corrected chi connectivity index (χ2v) is 16.5. The summed E-state index contributed by atoms with van der Waals surface area (Å²) in [5, 5.41) is 14.3. The van der Waals surface area contributed by atoms with Crippen molar-refractivity contribution < 1.29 is 34.4 Å². The molecule has 0 bridgehead atoms. The molecule has 47 heavy (non-hydrogen) atoms. The van der Waals surface area contributed by atoms with Crippen LogP contribution in [0.5, 0.6) is 0 Å². The fraction of sp³-hybridized carbons (Fsp3) is 0.429. The molecule has 1 aliphatic carbocycles. The third-order valence-corrected chi connectivity index (χ3v) is 9.77. The van der Waals surface area contributed by atoms with E-state index in [1.165, 1.54) is 51.9 Å². The van der Waals surface area contributed by atoms with Crippen molar-refractivity contribution in [2.24, 2.45) is 10.8 Å². The van der Waals surface area contributed by atoms with Gasteiger partial charge in [0.25, 0.3) is 0 Å². The second-order valence-electron chi connectivity index (χ2n) is 16.5. The number of hydrogen-bond acceptors (Lipinski definition) is 4. The number of nitrogens with zero attached hydrogens (tertiary/aromatic N) is 1. The molecule has 5 heteroatoms. The SMILES string of the molecule is CC(C)(C)C(=O)/C=C(\O)C(C)(C)C.Cc1c[c-]c(-c2nccc3c2oc2cc4c(c(C)c23)C(C)(C)CCC4(C)C)c2ccccc12.[Ir]. The zero-order valence-electron chi connectivity index (χ0n) is 30.2. The van der Waals surface area contributed by atoms with Crippen molar-refractivity contribution in [1.82, 2.24) is 4.98 Å². The Morgan fingerprint density at radius 1 is 0.915 bits per heavy atom. The second kappa shape index (κ2) is 12.6. The molecule has 0 saturated carbocycles. The Labute approximate surface area is 294 Å². The molecule has 6 rings (SSSR count). The maximum absolute atomic E-state index is 11.5. The quantitative estimate of drug-likeness (QED) is 0.110. The first kappa shape index (κ1) is 36.6. The number of hydrogen-bond donors (Lipinski definition) is 1. The number of allylic oxidation sites excluding steroid dienone is 2. The number of pyridine rings is 1. The molecule has 0 saturated heterocycles. The Hall–Kier alpha value is -3.27. The summed E-state index contributed by atoms with van der Waals surface area (Å²) in [6.07, 6.45) is 5.64. The van der Waals surface area contributed by atoms with Crippen LogP contribution in [-0.2, 0) is 35.7 Å². The number of aliphatic hydroxyl groups excluding tert-OH is 1. The van der Waals surface area contributed by atoms with Crippen molar-refractivity contribution in [3.05, 3.63) is 88.8 Å². The normalized spacial score (nSPS) is 16.0. The molecule has 2 aromatic heterocycles. The summed E-state index contributed by atoms with van der Waals surface area (Å²) >= 11 is 0. The number of benzene rings is 3. The minimum absolute atomic E-state index is 0. The molecule has 0 unspecified atom stereocenters. The smallest absolute Gasteiger partial charge is 0.164 e. The van der Waals surface area contributed by atoms with Gasteiger partial charge in [0.2, 0.25) is 0 Å². The molecular weight excluding hydrogens is 759 g/mol. The van der Waals surface area contributed by atoms with Gasteiger partial charge in [-0.3, -0.25) is 4.79 Å². The third kappa shape index (κ3) is 6.85. The number of aliphatic hydroxyl groups is 1. The number of rotatable bonds is 2. The number of carbonyl (C=O) groups is 1. The molecule has 1 N–H and O–H groups in total. The topological polar surface area (TPSA) is 63.3 Å². The molecule has 2 heterocycles. The Balaban J connectivity index is 0.000000307. The van der Waals surface area contributed by atoms with Gasteiger partial charge in [0.15, 0.2) is 5.78 Å². The van der Waals surface area contributed by atoms with E-state index >= 15 is 0 Å². The predicted octanol–water partition coefficient (Wildman–Crippen LogP) is 11.7. The summed E-state index contributed by atoms with van der Waals surface area (Å²) in [4.78, 5) is 16.3. The van der Waals surface area contributed by atoms with Crippen molar-refractivity contribution in [2.75, 3.05) is 0 Å². The molecule has 0 amide bonds. The molecule has 1 radical (unpaired) electrons. The predicted molar refractivity (Wildman–Crippen MR) is 193 cm³/mol. The molecule has 0 atom stereocenters. The zero-order valence-corrected chi connectivity index (χ0v) is 32.5. The minimum Gasteiger partial charge on any atom is -0.512 e. The van der Waals surface area contributed by atoms with Crippen LogP contribution in [0.25, 0.3) is 44.0 Å². The maximum Gasteiger partial charge on any atom is 0.164 e. The first-order chi connectivity index (χ1) is 21.2. The van der Waals surface area contributed by atoms with Gasteiger partial charge in [0.1, 0.15) is 16.9 Å². The zero-order chi connectivity index (χ0) is 34.0. The van der Waals surface area contributed by atoms with Crippen LogP contribution in [0.2, 0.25) is 0 Å². The summed E-state index contributed by atoms with van der Waals surface area (Å²) in [5.41, 5.74) is 8.75. The number of ketones is 1. The molecule has 0 aliphatic heterocycles. The van der Waals surface area contributed by atoms with E-state index in [1.807, 2.05) is 47.7 Å². The summed E-state index contributed by atoms with van der Waals surface area (Å²) in [6.45, 7) is 25.1. The fourth-order valence-corrected chi connectivity index (χ4v) is 6.66. The summed E-state index contributed by atoms with van der Waals surface area (Å²) in [5.74, 6) is 0.104. The third-order valence-electron chi connectivity index (χ3n) is 9.77. The molecule has 5 aromatic rings. The van der Waals surface area contributed by atoms with Crippen LogP contribution < -0.4 is 0 Å². The molecule has 1 aliphatic rings. The number of aryl methyl sites for hydroxylation is 2.